The lowest BCUT2D eigenvalue weighted by Crippen LogP contribution is -2.29. The summed E-state index contributed by atoms with van der Waals surface area (Å²) in [5.41, 5.74) is 2.56. The van der Waals surface area contributed by atoms with Crippen LogP contribution in [-0.2, 0) is 22.7 Å². The predicted octanol–water partition coefficient (Wildman–Crippen LogP) is 5.93. The number of carbonyl (C=O) groups excluding carboxylic acids is 2. The van der Waals surface area contributed by atoms with Crippen molar-refractivity contribution in [1.82, 2.24) is 4.90 Å². The van der Waals surface area contributed by atoms with Crippen LogP contribution in [0.2, 0.25) is 0 Å². The van der Waals surface area contributed by atoms with E-state index in [4.69, 9.17) is 9.15 Å². The molecule has 1 fully saturated rings. The topological polar surface area (TPSA) is 80.0 Å². The molecule has 1 aliphatic rings. The number of aryl methyl sites for hydroxylation is 1. The van der Waals surface area contributed by atoms with Gasteiger partial charge >= 0.3 is 0 Å². The van der Waals surface area contributed by atoms with Crippen molar-refractivity contribution < 1.29 is 28.2 Å². The molecule has 1 N–H and O–H groups in total. The van der Waals surface area contributed by atoms with Gasteiger partial charge in [-0.3, -0.25) is 9.59 Å². The number of ether oxygens (including phenoxy) is 1. The highest BCUT2D eigenvalue weighted by molar-refractivity contribution is 6.46. The van der Waals surface area contributed by atoms with Crippen molar-refractivity contribution in [2.24, 2.45) is 0 Å². The van der Waals surface area contributed by atoms with Crippen molar-refractivity contribution in [3.8, 4) is 5.75 Å². The van der Waals surface area contributed by atoms with Gasteiger partial charge in [0.15, 0.2) is 0 Å². The molecule has 37 heavy (non-hydrogen) atoms. The zero-order valence-electron chi connectivity index (χ0n) is 20.1. The fourth-order valence-electron chi connectivity index (χ4n) is 4.45. The van der Waals surface area contributed by atoms with Crippen LogP contribution in [0, 0.1) is 12.7 Å². The van der Waals surface area contributed by atoms with Gasteiger partial charge in [0, 0.05) is 5.56 Å². The number of hydrogen-bond donors (Lipinski definition) is 1. The van der Waals surface area contributed by atoms with E-state index in [-0.39, 0.29) is 17.9 Å². The smallest absolute Gasteiger partial charge is 0.296 e. The summed E-state index contributed by atoms with van der Waals surface area (Å²) in [4.78, 5) is 27.6. The van der Waals surface area contributed by atoms with E-state index in [9.17, 15) is 19.1 Å². The van der Waals surface area contributed by atoms with Gasteiger partial charge < -0.3 is 19.2 Å². The van der Waals surface area contributed by atoms with Crippen molar-refractivity contribution in [3.05, 3.63) is 131 Å². The molecule has 4 aromatic rings. The quantitative estimate of drug-likeness (QED) is 0.195. The predicted molar refractivity (Wildman–Crippen MR) is 135 cm³/mol. The van der Waals surface area contributed by atoms with Crippen LogP contribution < -0.4 is 4.74 Å². The number of halogens is 1. The second-order valence-electron chi connectivity index (χ2n) is 8.81. The molecule has 1 aliphatic heterocycles. The minimum atomic E-state index is -0.917. The lowest BCUT2D eigenvalue weighted by molar-refractivity contribution is -0.140. The molecule has 0 radical (unpaired) electrons. The van der Waals surface area contributed by atoms with Crippen LogP contribution in [0.1, 0.15) is 34.1 Å². The summed E-state index contributed by atoms with van der Waals surface area (Å²) in [5.74, 6) is -1.24. The maximum atomic E-state index is 13.7. The summed E-state index contributed by atoms with van der Waals surface area (Å²) in [6.07, 6.45) is 1.48. The maximum Gasteiger partial charge on any atom is 0.296 e. The van der Waals surface area contributed by atoms with Crippen LogP contribution in [0.4, 0.5) is 4.39 Å². The standard InChI is InChI=1S/C30H24FNO5/c1-19-16-22(11-14-25(19)37-18-20-6-3-2-4-7-20)28(33)26-27(21-9-12-23(31)13-10-21)32(30(35)29(26)34)17-24-8-5-15-36-24/h2-16,27,33H,17-18H2,1H3/b28-26-. The minimum absolute atomic E-state index is 0.0156. The molecular weight excluding hydrogens is 473 g/mol. The Balaban J connectivity index is 1.51. The number of carbonyl (C=O) groups is 2. The van der Waals surface area contributed by atoms with Gasteiger partial charge in [-0.1, -0.05) is 42.5 Å². The Morgan fingerprint density at radius 2 is 1.76 bits per heavy atom. The van der Waals surface area contributed by atoms with Gasteiger partial charge in [0.05, 0.1) is 24.4 Å². The zero-order chi connectivity index (χ0) is 25.9. The molecular formula is C30H24FNO5. The summed E-state index contributed by atoms with van der Waals surface area (Å²) in [6.45, 7) is 2.24. The van der Waals surface area contributed by atoms with Crippen LogP contribution in [0.5, 0.6) is 5.75 Å². The lowest BCUT2D eigenvalue weighted by atomic mass is 9.94. The van der Waals surface area contributed by atoms with E-state index < -0.39 is 23.5 Å². The Morgan fingerprint density at radius 3 is 2.43 bits per heavy atom. The molecule has 1 amide bonds. The average Bonchev–Trinajstić information content (AvgIpc) is 3.51. The van der Waals surface area contributed by atoms with E-state index >= 15 is 0 Å². The molecule has 7 heteroatoms. The highest BCUT2D eigenvalue weighted by Crippen LogP contribution is 2.40. The number of rotatable bonds is 7. The number of amides is 1. The second-order valence-corrected chi connectivity index (χ2v) is 8.81. The molecule has 2 heterocycles. The Morgan fingerprint density at radius 1 is 1.00 bits per heavy atom. The van der Waals surface area contributed by atoms with E-state index in [1.807, 2.05) is 37.3 Å². The fourth-order valence-corrected chi connectivity index (χ4v) is 4.45. The molecule has 1 unspecified atom stereocenters. The van der Waals surface area contributed by atoms with Crippen LogP contribution in [0.25, 0.3) is 5.76 Å². The van der Waals surface area contributed by atoms with E-state index in [0.717, 1.165) is 11.1 Å². The molecule has 0 aliphatic carbocycles. The van der Waals surface area contributed by atoms with Gasteiger partial charge in [-0.15, -0.1) is 0 Å². The number of ketones is 1. The SMILES string of the molecule is Cc1cc(/C(O)=C2/C(=O)C(=O)N(Cc3ccco3)C2c2ccc(F)cc2)ccc1OCc1ccccc1. The Labute approximate surface area is 213 Å². The number of likely N-dealkylation sites (tertiary alicyclic amines) is 1. The molecule has 6 nitrogen and oxygen atoms in total. The minimum Gasteiger partial charge on any atom is -0.507 e. The van der Waals surface area contributed by atoms with Crippen LogP contribution >= 0.6 is 0 Å². The largest absolute Gasteiger partial charge is 0.507 e. The summed E-state index contributed by atoms with van der Waals surface area (Å²) in [6, 6.07) is 22.8. The molecule has 0 bridgehead atoms. The molecule has 0 spiro atoms. The Hall–Kier alpha value is -4.65. The normalized spacial score (nSPS) is 16.8. The number of aliphatic hydroxyl groups excluding tert-OH is 1. The first-order valence-corrected chi connectivity index (χ1v) is 11.8. The highest BCUT2D eigenvalue weighted by Gasteiger charge is 2.46. The first-order valence-electron chi connectivity index (χ1n) is 11.8. The van der Waals surface area contributed by atoms with Crippen molar-refractivity contribution in [3.63, 3.8) is 0 Å². The van der Waals surface area contributed by atoms with Gasteiger partial charge in [0.25, 0.3) is 11.7 Å². The maximum absolute atomic E-state index is 13.7. The number of hydrogen-bond acceptors (Lipinski definition) is 5. The second kappa shape index (κ2) is 10.1. The molecule has 3 aromatic carbocycles. The molecule has 0 saturated carbocycles. The average molecular weight is 498 g/mol. The highest BCUT2D eigenvalue weighted by atomic mass is 19.1. The zero-order valence-corrected chi connectivity index (χ0v) is 20.1. The van der Waals surface area contributed by atoms with Gasteiger partial charge in [0.1, 0.15) is 29.7 Å². The fraction of sp³-hybridized carbons (Fsp3) is 0.133. The molecule has 5 rings (SSSR count). The molecule has 1 aromatic heterocycles. The third-order valence-corrected chi connectivity index (χ3v) is 6.32. The van der Waals surface area contributed by atoms with Gasteiger partial charge in [-0.25, -0.2) is 4.39 Å². The van der Waals surface area contributed by atoms with Crippen molar-refractivity contribution in [1.29, 1.82) is 0 Å². The van der Waals surface area contributed by atoms with E-state index in [1.54, 1.807) is 30.3 Å². The van der Waals surface area contributed by atoms with Crippen LogP contribution in [0.15, 0.2) is 101 Å². The van der Waals surface area contributed by atoms with Gasteiger partial charge in [0.2, 0.25) is 0 Å². The number of benzene rings is 3. The number of nitrogens with zero attached hydrogens (tertiary/aromatic N) is 1. The Kier molecular flexibility index (Phi) is 6.60. The first-order chi connectivity index (χ1) is 17.9. The van der Waals surface area contributed by atoms with Crippen LogP contribution in [-0.4, -0.2) is 21.7 Å². The van der Waals surface area contributed by atoms with E-state index in [1.165, 1.54) is 35.4 Å². The monoisotopic (exact) mass is 497 g/mol. The number of furan rings is 1. The Bertz CT molecular complexity index is 1460. The first kappa shape index (κ1) is 24.1. The third kappa shape index (κ3) is 4.89. The lowest BCUT2D eigenvalue weighted by Gasteiger charge is -2.24. The summed E-state index contributed by atoms with van der Waals surface area (Å²) in [7, 11) is 0. The summed E-state index contributed by atoms with van der Waals surface area (Å²) >= 11 is 0. The molecule has 186 valence electrons. The van der Waals surface area contributed by atoms with Crippen molar-refractivity contribution >= 4 is 17.4 Å². The summed E-state index contributed by atoms with van der Waals surface area (Å²) < 4.78 is 25.0. The van der Waals surface area contributed by atoms with Crippen molar-refractivity contribution in [2.75, 3.05) is 0 Å². The third-order valence-electron chi connectivity index (χ3n) is 6.32. The number of Topliss-reactive ketones (excluding diaryl/α,β-unsaturated/α-hetero) is 1. The van der Waals surface area contributed by atoms with Gasteiger partial charge in [-0.2, -0.15) is 0 Å². The molecule has 1 saturated heterocycles. The van der Waals surface area contributed by atoms with Crippen molar-refractivity contribution in [2.45, 2.75) is 26.1 Å². The summed E-state index contributed by atoms with van der Waals surface area (Å²) in [5, 5.41) is 11.3. The number of aliphatic hydroxyl groups is 1. The van der Waals surface area contributed by atoms with E-state index in [2.05, 4.69) is 0 Å². The van der Waals surface area contributed by atoms with E-state index in [0.29, 0.717) is 29.2 Å². The van der Waals surface area contributed by atoms with Crippen LogP contribution in [0.3, 0.4) is 0 Å². The van der Waals surface area contributed by atoms with Gasteiger partial charge in [-0.05, 0) is 66.1 Å². The molecule has 1 atom stereocenters.